The maximum atomic E-state index is 5.91. The highest BCUT2D eigenvalue weighted by molar-refractivity contribution is 4.94. The van der Waals surface area contributed by atoms with Gasteiger partial charge in [-0.15, -0.1) is 0 Å². The molecular weight excluding hydrogens is 260 g/mol. The monoisotopic (exact) mass is 298 g/mol. The van der Waals surface area contributed by atoms with Crippen LogP contribution in [0.1, 0.15) is 96.8 Å². The van der Waals surface area contributed by atoms with Crippen LogP contribution in [-0.4, -0.2) is 18.8 Å². The summed E-state index contributed by atoms with van der Waals surface area (Å²) in [6, 6.07) is 0.322. The summed E-state index contributed by atoms with van der Waals surface area (Å²) in [5.41, 5.74) is 3.05. The number of hydrogen-bond donors (Lipinski definition) is 2. The van der Waals surface area contributed by atoms with E-state index in [4.69, 9.17) is 10.6 Å². The van der Waals surface area contributed by atoms with E-state index in [0.717, 1.165) is 19.3 Å². The van der Waals surface area contributed by atoms with Gasteiger partial charge >= 0.3 is 0 Å². The number of unbranched alkanes of at least 4 members (excludes halogenated alkanes) is 7. The Kier molecular flexibility index (Phi) is 10.3. The van der Waals surface area contributed by atoms with E-state index in [-0.39, 0.29) is 5.60 Å². The predicted molar refractivity (Wildman–Crippen MR) is 91.2 cm³/mol. The molecule has 0 saturated heterocycles. The van der Waals surface area contributed by atoms with Crippen molar-refractivity contribution in [3.8, 4) is 0 Å². The second-order valence-electron chi connectivity index (χ2n) is 6.81. The van der Waals surface area contributed by atoms with Crippen molar-refractivity contribution in [3.63, 3.8) is 0 Å². The van der Waals surface area contributed by atoms with Crippen LogP contribution in [0.2, 0.25) is 0 Å². The van der Waals surface area contributed by atoms with Gasteiger partial charge in [0.05, 0.1) is 11.6 Å². The largest absolute Gasteiger partial charge is 0.377 e. The number of hydrogen-bond acceptors (Lipinski definition) is 3. The third-order valence-electron chi connectivity index (χ3n) is 5.29. The smallest absolute Gasteiger partial charge is 0.0844 e. The van der Waals surface area contributed by atoms with Gasteiger partial charge in [-0.05, 0) is 19.3 Å². The van der Waals surface area contributed by atoms with Gasteiger partial charge in [-0.1, -0.05) is 77.6 Å². The molecule has 0 aliphatic heterocycles. The molecule has 1 aliphatic rings. The molecule has 1 unspecified atom stereocenters. The molecule has 0 bridgehead atoms. The van der Waals surface area contributed by atoms with E-state index in [1.807, 2.05) is 7.11 Å². The van der Waals surface area contributed by atoms with Crippen molar-refractivity contribution in [2.75, 3.05) is 7.11 Å². The highest BCUT2D eigenvalue weighted by atomic mass is 16.5. The summed E-state index contributed by atoms with van der Waals surface area (Å²) in [5, 5.41) is 0. The maximum absolute atomic E-state index is 5.91. The minimum absolute atomic E-state index is 0.00583. The highest BCUT2D eigenvalue weighted by Gasteiger charge is 2.39. The van der Waals surface area contributed by atoms with Crippen LogP contribution in [-0.2, 0) is 4.74 Å². The zero-order chi connectivity index (χ0) is 15.4. The second kappa shape index (κ2) is 11.4. The highest BCUT2D eigenvalue weighted by Crippen LogP contribution is 2.35. The Balaban J connectivity index is 2.18. The molecule has 0 aromatic heterocycles. The predicted octanol–water partition coefficient (Wildman–Crippen LogP) is 4.70. The van der Waals surface area contributed by atoms with Crippen LogP contribution in [0, 0.1) is 0 Å². The molecule has 0 heterocycles. The Labute approximate surface area is 132 Å². The van der Waals surface area contributed by atoms with Gasteiger partial charge in [0, 0.05) is 7.11 Å². The third kappa shape index (κ3) is 6.66. The topological polar surface area (TPSA) is 47.3 Å². The fraction of sp³-hybridized carbons (Fsp3) is 1.00. The number of methoxy groups -OCH3 is 1. The average molecular weight is 299 g/mol. The van der Waals surface area contributed by atoms with Crippen LogP contribution in [0.4, 0.5) is 0 Å². The van der Waals surface area contributed by atoms with Crippen LogP contribution >= 0.6 is 0 Å². The second-order valence-corrected chi connectivity index (χ2v) is 6.81. The van der Waals surface area contributed by atoms with E-state index < -0.39 is 0 Å². The van der Waals surface area contributed by atoms with Gasteiger partial charge in [0.15, 0.2) is 0 Å². The number of nitrogens with two attached hydrogens (primary N) is 1. The van der Waals surface area contributed by atoms with E-state index in [0.29, 0.717) is 6.04 Å². The zero-order valence-corrected chi connectivity index (χ0v) is 14.5. The minimum atomic E-state index is -0.00583. The number of ether oxygens (including phenoxy) is 1. The minimum Gasteiger partial charge on any atom is -0.377 e. The zero-order valence-electron chi connectivity index (χ0n) is 14.5. The summed E-state index contributed by atoms with van der Waals surface area (Å²) in [4.78, 5) is 0. The van der Waals surface area contributed by atoms with Gasteiger partial charge in [-0.2, -0.15) is 0 Å². The molecule has 1 atom stereocenters. The molecule has 0 spiro atoms. The average Bonchev–Trinajstić information content (AvgIpc) is 2.54. The molecule has 3 N–H and O–H groups in total. The van der Waals surface area contributed by atoms with E-state index in [9.17, 15) is 0 Å². The molecule has 3 heteroatoms. The molecule has 0 amide bonds. The summed E-state index contributed by atoms with van der Waals surface area (Å²) in [6.07, 6.45) is 18.3. The SMILES string of the molecule is CCCCCCCCCCC(NN)C1(OC)CCCCC1. The lowest BCUT2D eigenvalue weighted by Gasteiger charge is -2.42. The van der Waals surface area contributed by atoms with Crippen LogP contribution < -0.4 is 11.3 Å². The molecule has 1 aliphatic carbocycles. The normalized spacial score (nSPS) is 19.6. The standard InChI is InChI=1S/C18H38N2O/c1-3-4-5-6-7-8-9-11-14-17(20-19)18(21-2)15-12-10-13-16-18/h17,20H,3-16,19H2,1-2H3. The van der Waals surface area contributed by atoms with Crippen molar-refractivity contribution < 1.29 is 4.74 Å². The van der Waals surface area contributed by atoms with Crippen LogP contribution in [0.5, 0.6) is 0 Å². The molecule has 21 heavy (non-hydrogen) atoms. The van der Waals surface area contributed by atoms with E-state index in [1.165, 1.54) is 70.6 Å². The Morgan fingerprint density at radius 1 is 0.952 bits per heavy atom. The molecule has 1 rings (SSSR count). The number of rotatable bonds is 12. The quantitative estimate of drug-likeness (QED) is 0.312. The Morgan fingerprint density at radius 3 is 2.05 bits per heavy atom. The maximum Gasteiger partial charge on any atom is 0.0844 e. The van der Waals surface area contributed by atoms with Crippen molar-refractivity contribution >= 4 is 0 Å². The van der Waals surface area contributed by atoms with Gasteiger partial charge in [-0.3, -0.25) is 11.3 Å². The lowest BCUT2D eigenvalue weighted by atomic mass is 9.77. The lowest BCUT2D eigenvalue weighted by Crippen LogP contribution is -2.55. The van der Waals surface area contributed by atoms with Gasteiger partial charge in [0.2, 0.25) is 0 Å². The molecule has 3 nitrogen and oxygen atoms in total. The molecular formula is C18H38N2O. The fourth-order valence-electron chi connectivity index (χ4n) is 3.83. The van der Waals surface area contributed by atoms with Crippen LogP contribution in [0.15, 0.2) is 0 Å². The van der Waals surface area contributed by atoms with Crippen molar-refractivity contribution in [1.29, 1.82) is 0 Å². The summed E-state index contributed by atoms with van der Waals surface area (Å²) < 4.78 is 5.91. The van der Waals surface area contributed by atoms with Gasteiger partial charge < -0.3 is 4.74 Å². The summed E-state index contributed by atoms with van der Waals surface area (Å²) >= 11 is 0. The Bertz CT molecular complexity index is 239. The first-order valence-corrected chi connectivity index (χ1v) is 9.30. The van der Waals surface area contributed by atoms with Crippen molar-refractivity contribution in [3.05, 3.63) is 0 Å². The molecule has 126 valence electrons. The first-order valence-electron chi connectivity index (χ1n) is 9.30. The number of nitrogens with one attached hydrogen (secondary N) is 1. The molecule has 0 aromatic carbocycles. The molecule has 0 radical (unpaired) electrons. The lowest BCUT2D eigenvalue weighted by molar-refractivity contribution is -0.0698. The Morgan fingerprint density at radius 2 is 1.52 bits per heavy atom. The summed E-state index contributed by atoms with van der Waals surface area (Å²) in [6.45, 7) is 2.27. The first kappa shape index (κ1) is 18.9. The molecule has 1 saturated carbocycles. The van der Waals surface area contributed by atoms with Crippen LogP contribution in [0.3, 0.4) is 0 Å². The van der Waals surface area contributed by atoms with E-state index in [2.05, 4.69) is 12.3 Å². The van der Waals surface area contributed by atoms with E-state index >= 15 is 0 Å². The van der Waals surface area contributed by atoms with Crippen molar-refractivity contribution in [2.45, 2.75) is 108 Å². The molecule has 1 fully saturated rings. The third-order valence-corrected chi connectivity index (χ3v) is 5.29. The first-order chi connectivity index (χ1) is 10.3. The molecule has 0 aromatic rings. The Hall–Kier alpha value is -0.120. The van der Waals surface area contributed by atoms with Crippen LogP contribution in [0.25, 0.3) is 0 Å². The number of hydrazine groups is 1. The van der Waals surface area contributed by atoms with Gasteiger partial charge in [-0.25, -0.2) is 0 Å². The summed E-state index contributed by atoms with van der Waals surface area (Å²) in [5.74, 6) is 5.83. The summed E-state index contributed by atoms with van der Waals surface area (Å²) in [7, 11) is 1.86. The van der Waals surface area contributed by atoms with Crippen molar-refractivity contribution in [2.24, 2.45) is 5.84 Å². The fourth-order valence-corrected chi connectivity index (χ4v) is 3.83. The van der Waals surface area contributed by atoms with Gasteiger partial charge in [0.1, 0.15) is 0 Å². The van der Waals surface area contributed by atoms with Gasteiger partial charge in [0.25, 0.3) is 0 Å². The van der Waals surface area contributed by atoms with E-state index in [1.54, 1.807) is 0 Å². The van der Waals surface area contributed by atoms with Crippen molar-refractivity contribution in [1.82, 2.24) is 5.43 Å².